The summed E-state index contributed by atoms with van der Waals surface area (Å²) in [6.07, 6.45) is 0. The van der Waals surface area contributed by atoms with E-state index in [2.05, 4.69) is 50.4 Å². The van der Waals surface area contributed by atoms with Gasteiger partial charge in [-0.1, -0.05) is 29.8 Å². The summed E-state index contributed by atoms with van der Waals surface area (Å²) in [5.41, 5.74) is 3.58. The van der Waals surface area contributed by atoms with Crippen molar-refractivity contribution >= 4 is 5.69 Å². The van der Waals surface area contributed by atoms with Gasteiger partial charge in [-0.2, -0.15) is 0 Å². The second-order valence-corrected chi connectivity index (χ2v) is 5.10. The topological polar surface area (TPSA) is 21.3 Å². The minimum Gasteiger partial charge on any atom is -0.489 e. The highest BCUT2D eigenvalue weighted by atomic mass is 16.5. The van der Waals surface area contributed by atoms with Crippen molar-refractivity contribution in [1.82, 2.24) is 0 Å². The van der Waals surface area contributed by atoms with Crippen molar-refractivity contribution in [1.29, 1.82) is 0 Å². The van der Waals surface area contributed by atoms with E-state index in [1.807, 2.05) is 24.3 Å². The summed E-state index contributed by atoms with van der Waals surface area (Å²) in [6, 6.07) is 16.9. The number of anilines is 1. The smallest absolute Gasteiger partial charge is 0.119 e. The normalized spacial score (nSPS) is 10.5. The lowest BCUT2D eigenvalue weighted by molar-refractivity contribution is 0.306. The number of benzene rings is 2. The van der Waals surface area contributed by atoms with Crippen LogP contribution < -0.4 is 10.1 Å². The first-order valence-corrected chi connectivity index (χ1v) is 6.68. The van der Waals surface area contributed by atoms with E-state index in [-0.39, 0.29) is 0 Å². The Labute approximate surface area is 115 Å². The monoisotopic (exact) mass is 255 g/mol. The molecule has 0 amide bonds. The fourth-order valence-corrected chi connectivity index (χ4v) is 1.95. The third-order valence-electron chi connectivity index (χ3n) is 2.80. The van der Waals surface area contributed by atoms with Gasteiger partial charge in [0.05, 0.1) is 0 Å². The third-order valence-corrected chi connectivity index (χ3v) is 2.80. The Hall–Kier alpha value is -1.96. The van der Waals surface area contributed by atoms with E-state index in [0.717, 1.165) is 11.4 Å². The van der Waals surface area contributed by atoms with E-state index in [4.69, 9.17) is 4.74 Å². The van der Waals surface area contributed by atoms with Crippen LogP contribution in [0.5, 0.6) is 5.75 Å². The molecule has 0 bridgehead atoms. The van der Waals surface area contributed by atoms with Crippen LogP contribution in [0.15, 0.2) is 48.5 Å². The maximum Gasteiger partial charge on any atom is 0.119 e. The average molecular weight is 255 g/mol. The lowest BCUT2D eigenvalue weighted by Gasteiger charge is -2.11. The summed E-state index contributed by atoms with van der Waals surface area (Å²) < 4.78 is 5.78. The molecule has 1 N–H and O–H groups in total. The fraction of sp³-hybridized carbons (Fsp3) is 0.294. The first-order valence-electron chi connectivity index (χ1n) is 6.68. The molecule has 2 aromatic rings. The molecule has 2 rings (SSSR count). The SMILES string of the molecule is Cc1cccc(COc2ccc(NC(C)C)cc2)c1. The van der Waals surface area contributed by atoms with Crippen LogP contribution in [-0.4, -0.2) is 6.04 Å². The van der Waals surface area contributed by atoms with E-state index >= 15 is 0 Å². The highest BCUT2D eigenvalue weighted by Crippen LogP contribution is 2.17. The van der Waals surface area contributed by atoms with Crippen LogP contribution in [0.1, 0.15) is 25.0 Å². The van der Waals surface area contributed by atoms with E-state index in [0.29, 0.717) is 12.6 Å². The lowest BCUT2D eigenvalue weighted by Crippen LogP contribution is -2.09. The minimum atomic E-state index is 0.444. The molecule has 19 heavy (non-hydrogen) atoms. The first kappa shape index (κ1) is 13.5. The van der Waals surface area contributed by atoms with Crippen LogP contribution in [0.2, 0.25) is 0 Å². The zero-order valence-electron chi connectivity index (χ0n) is 11.8. The molecule has 0 heterocycles. The average Bonchev–Trinajstić information content (AvgIpc) is 2.37. The number of hydrogen-bond acceptors (Lipinski definition) is 2. The van der Waals surface area contributed by atoms with E-state index in [1.165, 1.54) is 11.1 Å². The van der Waals surface area contributed by atoms with Crippen molar-refractivity contribution in [2.75, 3.05) is 5.32 Å². The van der Waals surface area contributed by atoms with Crippen molar-refractivity contribution in [3.8, 4) is 5.75 Å². The van der Waals surface area contributed by atoms with Crippen LogP contribution in [0.3, 0.4) is 0 Å². The largest absolute Gasteiger partial charge is 0.489 e. The van der Waals surface area contributed by atoms with Gasteiger partial charge in [-0.25, -0.2) is 0 Å². The summed E-state index contributed by atoms with van der Waals surface area (Å²) in [4.78, 5) is 0. The fourth-order valence-electron chi connectivity index (χ4n) is 1.95. The van der Waals surface area contributed by atoms with Gasteiger partial charge < -0.3 is 10.1 Å². The van der Waals surface area contributed by atoms with Crippen LogP contribution >= 0.6 is 0 Å². The van der Waals surface area contributed by atoms with Crippen molar-refractivity contribution in [2.24, 2.45) is 0 Å². The van der Waals surface area contributed by atoms with Gasteiger partial charge >= 0.3 is 0 Å². The van der Waals surface area contributed by atoms with Gasteiger partial charge in [-0.3, -0.25) is 0 Å². The molecule has 0 saturated carbocycles. The molecule has 0 atom stereocenters. The molecule has 0 spiro atoms. The van der Waals surface area contributed by atoms with Crippen LogP contribution in [0.4, 0.5) is 5.69 Å². The van der Waals surface area contributed by atoms with E-state index < -0.39 is 0 Å². The summed E-state index contributed by atoms with van der Waals surface area (Å²) in [7, 11) is 0. The highest BCUT2D eigenvalue weighted by molar-refractivity contribution is 5.46. The Morgan fingerprint density at radius 2 is 1.79 bits per heavy atom. The molecule has 2 heteroatoms. The number of nitrogens with one attached hydrogen (secondary N) is 1. The number of rotatable bonds is 5. The Kier molecular flexibility index (Phi) is 4.45. The van der Waals surface area contributed by atoms with E-state index in [9.17, 15) is 0 Å². The Balaban J connectivity index is 1.93. The molecular weight excluding hydrogens is 234 g/mol. The molecule has 0 aliphatic carbocycles. The Morgan fingerprint density at radius 1 is 1.05 bits per heavy atom. The highest BCUT2D eigenvalue weighted by Gasteiger charge is 1.98. The molecule has 0 aliphatic rings. The molecular formula is C17H21NO. The number of aryl methyl sites for hydroxylation is 1. The molecule has 0 aliphatic heterocycles. The van der Waals surface area contributed by atoms with Crippen molar-refractivity contribution in [3.63, 3.8) is 0 Å². The number of hydrogen-bond donors (Lipinski definition) is 1. The minimum absolute atomic E-state index is 0.444. The summed E-state index contributed by atoms with van der Waals surface area (Å²) in [5, 5.41) is 3.36. The zero-order valence-corrected chi connectivity index (χ0v) is 11.8. The molecule has 2 aromatic carbocycles. The summed E-state index contributed by atoms with van der Waals surface area (Å²) >= 11 is 0. The van der Waals surface area contributed by atoms with Crippen molar-refractivity contribution in [2.45, 2.75) is 33.4 Å². The molecule has 0 fully saturated rings. The van der Waals surface area contributed by atoms with Gasteiger partial charge in [0.25, 0.3) is 0 Å². The van der Waals surface area contributed by atoms with Crippen molar-refractivity contribution < 1.29 is 4.74 Å². The zero-order chi connectivity index (χ0) is 13.7. The van der Waals surface area contributed by atoms with Crippen LogP contribution in [0, 0.1) is 6.92 Å². The quantitative estimate of drug-likeness (QED) is 0.855. The van der Waals surface area contributed by atoms with Gasteiger partial charge in [0.15, 0.2) is 0 Å². The Bertz CT molecular complexity index is 517. The van der Waals surface area contributed by atoms with Gasteiger partial charge in [0.2, 0.25) is 0 Å². The summed E-state index contributed by atoms with van der Waals surface area (Å²) in [6.45, 7) is 6.96. The Morgan fingerprint density at radius 3 is 2.42 bits per heavy atom. The maximum absolute atomic E-state index is 5.78. The molecule has 0 saturated heterocycles. The standard InChI is InChI=1S/C17H21NO/c1-13(2)18-16-7-9-17(10-8-16)19-12-15-6-4-5-14(3)11-15/h4-11,13,18H,12H2,1-3H3. The van der Waals surface area contributed by atoms with Crippen LogP contribution in [-0.2, 0) is 6.61 Å². The summed E-state index contributed by atoms with van der Waals surface area (Å²) in [5.74, 6) is 0.899. The van der Waals surface area contributed by atoms with Gasteiger partial charge in [-0.15, -0.1) is 0 Å². The van der Waals surface area contributed by atoms with Gasteiger partial charge in [0.1, 0.15) is 12.4 Å². The first-order chi connectivity index (χ1) is 9.13. The molecule has 2 nitrogen and oxygen atoms in total. The van der Waals surface area contributed by atoms with Crippen molar-refractivity contribution in [3.05, 3.63) is 59.7 Å². The second-order valence-electron chi connectivity index (χ2n) is 5.10. The maximum atomic E-state index is 5.78. The van der Waals surface area contributed by atoms with Gasteiger partial charge in [-0.05, 0) is 50.6 Å². The lowest BCUT2D eigenvalue weighted by atomic mass is 10.1. The van der Waals surface area contributed by atoms with Gasteiger partial charge in [0, 0.05) is 11.7 Å². The molecule has 100 valence electrons. The second kappa shape index (κ2) is 6.28. The molecule has 0 unspecified atom stereocenters. The van der Waals surface area contributed by atoms with Crippen LogP contribution in [0.25, 0.3) is 0 Å². The predicted octanol–water partition coefficient (Wildman–Crippen LogP) is 4.39. The third kappa shape index (κ3) is 4.32. The number of ether oxygens (including phenoxy) is 1. The molecule has 0 radical (unpaired) electrons. The van der Waals surface area contributed by atoms with E-state index in [1.54, 1.807) is 0 Å². The molecule has 0 aromatic heterocycles. The predicted molar refractivity (Wildman–Crippen MR) is 80.7 cm³/mol.